The molecule has 3 unspecified atom stereocenters. The van der Waals surface area contributed by atoms with Crippen LogP contribution in [-0.2, 0) is 32.2 Å². The molecule has 186 valence electrons. The van der Waals surface area contributed by atoms with E-state index in [0.29, 0.717) is 16.7 Å². The van der Waals surface area contributed by atoms with Crippen molar-refractivity contribution >= 4 is 74.6 Å². The molecule has 1 fully saturated rings. The van der Waals surface area contributed by atoms with E-state index in [9.17, 15) is 19.2 Å². The quantitative estimate of drug-likeness (QED) is 0.355. The van der Waals surface area contributed by atoms with Crippen molar-refractivity contribution in [3.8, 4) is 0 Å². The number of hydrogen-bond acceptors (Lipinski definition) is 4. The van der Waals surface area contributed by atoms with Gasteiger partial charge in [0, 0.05) is 28.5 Å². The Balaban J connectivity index is 1.60. The molecule has 1 N–H and O–H groups in total. The number of nitrogens with one attached hydrogen (secondary N) is 1. The lowest BCUT2D eigenvalue weighted by molar-refractivity contribution is -0.155. The maximum Gasteiger partial charge on any atom is 0.348 e. The van der Waals surface area contributed by atoms with Gasteiger partial charge in [-0.25, -0.2) is 0 Å². The fourth-order valence-corrected chi connectivity index (χ4v) is 5.00. The van der Waals surface area contributed by atoms with Gasteiger partial charge in [-0.3, -0.25) is 24.5 Å². The minimum Gasteiger partial charge on any atom is -0.393 e. The second-order valence-corrected chi connectivity index (χ2v) is 10.7. The van der Waals surface area contributed by atoms with E-state index in [1.807, 2.05) is 0 Å². The highest BCUT2D eigenvalue weighted by Crippen LogP contribution is 2.37. The van der Waals surface area contributed by atoms with E-state index in [0.717, 1.165) is 16.9 Å². The van der Waals surface area contributed by atoms with Gasteiger partial charge in [-0.2, -0.15) is 8.78 Å². The summed E-state index contributed by atoms with van der Waals surface area (Å²) in [5.41, 5.74) is 1.09. The lowest BCUT2D eigenvalue weighted by atomic mass is 9.55. The third-order valence-electron chi connectivity index (χ3n) is 7.81. The van der Waals surface area contributed by atoms with Crippen molar-refractivity contribution in [2.24, 2.45) is 0 Å². The second kappa shape index (κ2) is 9.38. The van der Waals surface area contributed by atoms with Crippen molar-refractivity contribution in [2.75, 3.05) is 0 Å². The third kappa shape index (κ3) is 4.49. The zero-order valence-corrected chi connectivity index (χ0v) is 21.9. The van der Waals surface area contributed by atoms with E-state index in [1.165, 1.54) is 25.0 Å². The van der Waals surface area contributed by atoms with Gasteiger partial charge in [-0.1, -0.05) is 35.9 Å². The number of imide groups is 1. The summed E-state index contributed by atoms with van der Waals surface area (Å²) in [5, 5.41) is 1.46. The van der Waals surface area contributed by atoms with Crippen molar-refractivity contribution in [3.05, 3.63) is 69.7 Å². The summed E-state index contributed by atoms with van der Waals surface area (Å²) < 4.78 is 30.2. The third-order valence-corrected chi connectivity index (χ3v) is 8.07. The standard InChI is InChI=1S/C22H23B5ClF2N3O4/c23-14-15(24)17(34)31-18(35)16(14)32-8-9-7-11(3-6-13(9)19(32)36)22(25,26)33(27)20(37)21(29,30)10-1-4-12(28)5-2-10/h1-7,14-16H,8,23-27H2,(H,31,34,35). The molecule has 0 spiro atoms. The summed E-state index contributed by atoms with van der Waals surface area (Å²) in [4.78, 5) is 53.2. The molecule has 2 heterocycles. The number of benzene rings is 2. The van der Waals surface area contributed by atoms with E-state index in [-0.39, 0.29) is 29.2 Å². The molecule has 7 nitrogen and oxygen atoms in total. The molecule has 2 aromatic rings. The minimum atomic E-state index is -3.78. The molecule has 0 radical (unpaired) electrons. The van der Waals surface area contributed by atoms with Crippen LogP contribution in [0.3, 0.4) is 0 Å². The molecular weight excluding hydrogens is 498 g/mol. The Bertz CT molecular complexity index is 1310. The van der Waals surface area contributed by atoms with Gasteiger partial charge in [0.05, 0.1) is 0 Å². The van der Waals surface area contributed by atoms with Crippen molar-refractivity contribution in [1.29, 1.82) is 0 Å². The summed E-state index contributed by atoms with van der Waals surface area (Å²) in [6.45, 7) is 0.125. The maximum absolute atomic E-state index is 15.1. The van der Waals surface area contributed by atoms with Crippen molar-refractivity contribution in [1.82, 2.24) is 15.0 Å². The highest BCUT2D eigenvalue weighted by molar-refractivity contribution is 6.43. The average Bonchev–Trinajstić information content (AvgIpc) is 3.17. The van der Waals surface area contributed by atoms with Gasteiger partial charge in [0.15, 0.2) is 0 Å². The molecule has 0 bridgehead atoms. The normalized spacial score (nSPS) is 22.0. The Kier molecular flexibility index (Phi) is 6.86. The van der Waals surface area contributed by atoms with E-state index in [2.05, 4.69) is 5.32 Å². The van der Waals surface area contributed by atoms with Gasteiger partial charge < -0.3 is 9.71 Å². The predicted molar refractivity (Wildman–Crippen MR) is 147 cm³/mol. The lowest BCUT2D eigenvalue weighted by Gasteiger charge is -2.39. The van der Waals surface area contributed by atoms with Crippen molar-refractivity contribution in [3.63, 3.8) is 0 Å². The van der Waals surface area contributed by atoms with Gasteiger partial charge in [-0.15, -0.1) is 0 Å². The first-order valence-corrected chi connectivity index (χ1v) is 12.3. The van der Waals surface area contributed by atoms with E-state index >= 15 is 8.78 Å². The molecule has 0 saturated carbocycles. The molecular formula is C22H23B5ClF2N3O4. The molecule has 4 amide bonds. The van der Waals surface area contributed by atoms with Crippen LogP contribution in [0.5, 0.6) is 0 Å². The van der Waals surface area contributed by atoms with E-state index in [4.69, 9.17) is 11.6 Å². The molecule has 3 atom stereocenters. The monoisotopic (exact) mass is 521 g/mol. The molecule has 15 heteroatoms. The summed E-state index contributed by atoms with van der Waals surface area (Å²) in [6.07, 6.45) is 0. The highest BCUT2D eigenvalue weighted by Gasteiger charge is 2.48. The average molecular weight is 521 g/mol. The second-order valence-electron chi connectivity index (χ2n) is 10.3. The predicted octanol–water partition coefficient (Wildman–Crippen LogP) is -2.29. The number of piperidine rings is 1. The van der Waals surface area contributed by atoms with Gasteiger partial charge >= 0.3 is 5.92 Å². The van der Waals surface area contributed by atoms with Gasteiger partial charge in [0.25, 0.3) is 11.8 Å². The molecule has 2 aliphatic heterocycles. The first-order chi connectivity index (χ1) is 17.2. The number of amides is 4. The molecule has 2 aromatic carbocycles. The van der Waals surface area contributed by atoms with Crippen molar-refractivity contribution in [2.45, 2.75) is 35.5 Å². The fourth-order valence-electron chi connectivity index (χ4n) is 4.87. The van der Waals surface area contributed by atoms with Gasteiger partial charge in [-0.05, 0) is 40.5 Å². The Morgan fingerprint density at radius 3 is 2.24 bits per heavy atom. The van der Waals surface area contributed by atoms with Crippen LogP contribution < -0.4 is 5.32 Å². The number of fused-ring (bicyclic) bond motifs is 1. The lowest BCUT2D eigenvalue weighted by Crippen LogP contribution is -2.57. The van der Waals surface area contributed by atoms with Crippen LogP contribution >= 0.6 is 11.6 Å². The van der Waals surface area contributed by atoms with Gasteiger partial charge in [0.2, 0.25) is 19.8 Å². The first kappa shape index (κ1) is 27.0. The summed E-state index contributed by atoms with van der Waals surface area (Å²) in [5.74, 6) is -7.23. The highest BCUT2D eigenvalue weighted by atomic mass is 35.5. The van der Waals surface area contributed by atoms with E-state index in [1.54, 1.807) is 49.6 Å². The molecule has 4 rings (SSSR count). The number of alkyl halides is 2. The van der Waals surface area contributed by atoms with Crippen LogP contribution in [0.1, 0.15) is 27.0 Å². The molecule has 37 heavy (non-hydrogen) atoms. The number of rotatable bonds is 5. The summed E-state index contributed by atoms with van der Waals surface area (Å²) in [6, 6.07) is 8.95. The Hall–Kier alpha value is -3.01. The SMILES string of the molecule is BC1C(=O)NC(=O)C(N2Cc3cc(C(B)(B)N(B)C(=O)C(F)(F)c4ccc(Cl)cc4)ccc3C2=O)C1B. The number of hydrogen-bond donors (Lipinski definition) is 1. The topological polar surface area (TPSA) is 86.8 Å². The maximum atomic E-state index is 15.1. The number of nitrogens with zero attached hydrogens (tertiary/aromatic N) is 2. The molecule has 0 aliphatic carbocycles. The van der Waals surface area contributed by atoms with E-state index < -0.39 is 40.5 Å². The van der Waals surface area contributed by atoms with Gasteiger partial charge in [0.1, 0.15) is 37.4 Å². The van der Waals surface area contributed by atoms with Crippen molar-refractivity contribution < 1.29 is 28.0 Å². The zero-order chi connectivity index (χ0) is 27.4. The summed E-state index contributed by atoms with van der Waals surface area (Å²) in [7, 11) is 8.06. The van der Waals surface area contributed by atoms with Crippen LogP contribution in [-0.4, -0.2) is 78.7 Å². The van der Waals surface area contributed by atoms with Crippen LogP contribution in [0.4, 0.5) is 8.78 Å². The van der Waals surface area contributed by atoms with Crippen LogP contribution in [0, 0.1) is 0 Å². The Morgan fingerprint density at radius 2 is 1.62 bits per heavy atom. The number of carbonyl (C=O) groups excluding carboxylic acids is 4. The molecule has 2 aliphatic rings. The smallest absolute Gasteiger partial charge is 0.348 e. The Labute approximate surface area is 222 Å². The fraction of sp³-hybridized carbons (Fsp3) is 0.273. The summed E-state index contributed by atoms with van der Waals surface area (Å²) >= 11 is 5.80. The number of halogens is 3. The van der Waals surface area contributed by atoms with Crippen LogP contribution in [0.25, 0.3) is 0 Å². The Morgan fingerprint density at radius 1 is 1.03 bits per heavy atom. The molecule has 1 saturated heterocycles. The zero-order valence-electron chi connectivity index (χ0n) is 21.1. The number of carbonyl (C=O) groups is 4. The van der Waals surface area contributed by atoms with Crippen LogP contribution in [0.2, 0.25) is 16.7 Å². The van der Waals surface area contributed by atoms with Crippen LogP contribution in [0.15, 0.2) is 42.5 Å². The molecule has 0 aromatic heterocycles. The largest absolute Gasteiger partial charge is 0.393 e. The minimum absolute atomic E-state index is 0.125. The first-order valence-electron chi connectivity index (χ1n) is 11.9.